The van der Waals surface area contributed by atoms with Crippen molar-refractivity contribution >= 4 is 56.8 Å². The number of thiophene rings is 1. The predicted molar refractivity (Wildman–Crippen MR) is 72.9 cm³/mol. The molecule has 5 heteroatoms. The quantitative estimate of drug-likeness (QED) is 0.537. The van der Waals surface area contributed by atoms with Crippen LogP contribution in [0, 0.1) is 0 Å². The molecule has 1 nitrogen and oxygen atoms in total. The monoisotopic (exact) mass is 334 g/mol. The fourth-order valence-electron chi connectivity index (χ4n) is 1.28. The lowest BCUT2D eigenvalue weighted by atomic mass is 10.2. The zero-order chi connectivity index (χ0) is 11.7. The summed E-state index contributed by atoms with van der Waals surface area (Å²) in [4.78, 5) is 12.2. The molecule has 0 saturated carbocycles. The first-order chi connectivity index (χ1) is 7.63. The van der Waals surface area contributed by atoms with E-state index >= 15 is 0 Å². The highest BCUT2D eigenvalue weighted by Crippen LogP contribution is 2.40. The summed E-state index contributed by atoms with van der Waals surface area (Å²) in [5.74, 6) is 0. The zero-order valence-corrected chi connectivity index (χ0v) is 11.8. The van der Waals surface area contributed by atoms with Gasteiger partial charge in [-0.2, -0.15) is 0 Å². The van der Waals surface area contributed by atoms with Crippen molar-refractivity contribution in [1.82, 2.24) is 0 Å². The maximum absolute atomic E-state index is 10.6. The van der Waals surface area contributed by atoms with E-state index < -0.39 is 0 Å². The van der Waals surface area contributed by atoms with E-state index in [0.717, 1.165) is 21.2 Å². The van der Waals surface area contributed by atoms with E-state index in [0.29, 0.717) is 14.9 Å². The highest BCUT2D eigenvalue weighted by Gasteiger charge is 2.11. The molecule has 1 aromatic heterocycles. The molecule has 0 N–H and O–H groups in total. The third kappa shape index (κ3) is 2.18. The topological polar surface area (TPSA) is 17.1 Å². The number of hydrogen-bond donors (Lipinski definition) is 0. The van der Waals surface area contributed by atoms with Crippen molar-refractivity contribution in [1.29, 1.82) is 0 Å². The number of benzene rings is 1. The Bertz CT molecular complexity index is 551. The minimum absolute atomic E-state index is 0.486. The summed E-state index contributed by atoms with van der Waals surface area (Å²) in [6, 6.07) is 7.34. The molecule has 0 fully saturated rings. The van der Waals surface area contributed by atoms with Gasteiger partial charge in [0.05, 0.1) is 14.9 Å². The van der Waals surface area contributed by atoms with Gasteiger partial charge in [0, 0.05) is 14.9 Å². The Morgan fingerprint density at radius 2 is 1.88 bits per heavy atom. The first-order valence-electron chi connectivity index (χ1n) is 4.32. The van der Waals surface area contributed by atoms with E-state index in [2.05, 4.69) is 15.9 Å². The highest BCUT2D eigenvalue weighted by atomic mass is 79.9. The van der Waals surface area contributed by atoms with Gasteiger partial charge in [0.25, 0.3) is 0 Å². The Morgan fingerprint density at radius 3 is 2.50 bits per heavy atom. The molecule has 0 atom stereocenters. The number of carbonyl (C=O) groups is 1. The van der Waals surface area contributed by atoms with Crippen LogP contribution in [0.1, 0.15) is 9.67 Å². The van der Waals surface area contributed by atoms with Crippen LogP contribution in [-0.4, -0.2) is 6.29 Å². The zero-order valence-electron chi connectivity index (χ0n) is 7.84. The molecule has 2 rings (SSSR count). The summed E-state index contributed by atoms with van der Waals surface area (Å²) in [5.41, 5.74) is 0.841. The lowest BCUT2D eigenvalue weighted by molar-refractivity contribution is 0.112. The largest absolute Gasteiger partial charge is 0.297 e. The molecule has 0 aliphatic heterocycles. The van der Waals surface area contributed by atoms with Crippen molar-refractivity contribution in [3.8, 4) is 10.4 Å². The second-order valence-corrected chi connectivity index (χ2v) is 5.77. The van der Waals surface area contributed by atoms with Crippen molar-refractivity contribution < 1.29 is 4.79 Å². The van der Waals surface area contributed by atoms with Crippen LogP contribution in [0.4, 0.5) is 0 Å². The second-order valence-electron chi connectivity index (χ2n) is 3.04. The fraction of sp³-hybridized carbons (Fsp3) is 0. The van der Waals surface area contributed by atoms with Crippen LogP contribution in [0.5, 0.6) is 0 Å². The summed E-state index contributed by atoms with van der Waals surface area (Å²) >= 11 is 16.9. The van der Waals surface area contributed by atoms with E-state index in [1.54, 1.807) is 6.07 Å². The first kappa shape index (κ1) is 12.1. The third-order valence-electron chi connectivity index (χ3n) is 2.04. The molecular weight excluding hydrogens is 331 g/mol. The summed E-state index contributed by atoms with van der Waals surface area (Å²) < 4.78 is 0.759. The Morgan fingerprint density at radius 1 is 1.12 bits per heavy atom. The van der Waals surface area contributed by atoms with Crippen LogP contribution in [0.2, 0.25) is 10.0 Å². The third-order valence-corrected chi connectivity index (χ3v) is 4.86. The molecule has 0 aliphatic carbocycles. The Balaban J connectivity index is 2.56. The van der Waals surface area contributed by atoms with Crippen molar-refractivity contribution in [2.45, 2.75) is 0 Å². The fourth-order valence-corrected chi connectivity index (χ4v) is 3.06. The average molecular weight is 336 g/mol. The molecule has 1 aromatic carbocycles. The SMILES string of the molecule is O=Cc1ccc(-c2ccc(Br)c(Cl)c2Cl)s1. The van der Waals surface area contributed by atoms with Crippen molar-refractivity contribution in [2.24, 2.45) is 0 Å². The predicted octanol–water partition coefficient (Wildman–Crippen LogP) is 5.30. The van der Waals surface area contributed by atoms with Crippen LogP contribution in [0.15, 0.2) is 28.7 Å². The van der Waals surface area contributed by atoms with Crippen LogP contribution < -0.4 is 0 Å². The molecule has 0 unspecified atom stereocenters. The lowest BCUT2D eigenvalue weighted by Gasteiger charge is -2.04. The van der Waals surface area contributed by atoms with E-state index in [-0.39, 0.29) is 0 Å². The van der Waals surface area contributed by atoms with Crippen LogP contribution in [0.3, 0.4) is 0 Å². The lowest BCUT2D eigenvalue weighted by Crippen LogP contribution is -1.78. The summed E-state index contributed by atoms with van der Waals surface area (Å²) in [6.07, 6.45) is 0.822. The molecule has 0 spiro atoms. The molecule has 0 amide bonds. The normalized spacial score (nSPS) is 10.4. The van der Waals surface area contributed by atoms with Gasteiger partial charge in [0.1, 0.15) is 0 Å². The molecule has 82 valence electrons. The smallest absolute Gasteiger partial charge is 0.160 e. The number of carbonyl (C=O) groups excluding carboxylic acids is 1. The molecule has 16 heavy (non-hydrogen) atoms. The van der Waals surface area contributed by atoms with E-state index in [9.17, 15) is 4.79 Å². The summed E-state index contributed by atoms with van der Waals surface area (Å²) in [7, 11) is 0. The average Bonchev–Trinajstić information content (AvgIpc) is 2.74. The van der Waals surface area contributed by atoms with Gasteiger partial charge in [0.2, 0.25) is 0 Å². The van der Waals surface area contributed by atoms with Crippen LogP contribution >= 0.6 is 50.5 Å². The number of hydrogen-bond acceptors (Lipinski definition) is 2. The van der Waals surface area contributed by atoms with Gasteiger partial charge in [-0.25, -0.2) is 0 Å². The van der Waals surface area contributed by atoms with Gasteiger partial charge in [-0.05, 0) is 34.1 Å². The summed E-state index contributed by atoms with van der Waals surface area (Å²) in [6.45, 7) is 0. The van der Waals surface area contributed by atoms with Crippen LogP contribution in [0.25, 0.3) is 10.4 Å². The van der Waals surface area contributed by atoms with Crippen molar-refractivity contribution in [3.05, 3.63) is 43.7 Å². The van der Waals surface area contributed by atoms with Crippen molar-refractivity contribution in [3.63, 3.8) is 0 Å². The van der Waals surface area contributed by atoms with E-state index in [4.69, 9.17) is 23.2 Å². The molecule has 2 aromatic rings. The maximum atomic E-state index is 10.6. The first-order valence-corrected chi connectivity index (χ1v) is 6.69. The highest BCUT2D eigenvalue weighted by molar-refractivity contribution is 9.10. The molecule has 1 heterocycles. The van der Waals surface area contributed by atoms with Gasteiger partial charge in [-0.1, -0.05) is 29.3 Å². The van der Waals surface area contributed by atoms with Crippen LogP contribution in [-0.2, 0) is 0 Å². The standard InChI is InChI=1S/C11H5BrCl2OS/c12-8-3-2-7(10(13)11(8)14)9-4-1-6(5-15)16-9/h1-5H. The Labute approximate surface area is 115 Å². The van der Waals surface area contributed by atoms with E-state index in [1.165, 1.54) is 11.3 Å². The number of halogens is 3. The minimum atomic E-state index is 0.486. The van der Waals surface area contributed by atoms with Gasteiger partial charge < -0.3 is 0 Å². The molecule has 0 radical (unpaired) electrons. The number of rotatable bonds is 2. The van der Waals surface area contributed by atoms with Crippen molar-refractivity contribution in [2.75, 3.05) is 0 Å². The van der Waals surface area contributed by atoms with E-state index in [1.807, 2.05) is 18.2 Å². The summed E-state index contributed by atoms with van der Waals surface area (Å²) in [5, 5.41) is 0.982. The van der Waals surface area contributed by atoms with Gasteiger partial charge in [-0.15, -0.1) is 11.3 Å². The maximum Gasteiger partial charge on any atom is 0.160 e. The second kappa shape index (κ2) is 4.88. The number of aldehydes is 1. The molecular formula is C11H5BrCl2OS. The Kier molecular flexibility index (Phi) is 3.70. The van der Waals surface area contributed by atoms with Gasteiger partial charge in [0.15, 0.2) is 6.29 Å². The minimum Gasteiger partial charge on any atom is -0.297 e. The molecule has 0 saturated heterocycles. The molecule has 0 aliphatic rings. The van der Waals surface area contributed by atoms with Gasteiger partial charge >= 0.3 is 0 Å². The Hall–Kier alpha value is -0.350. The van der Waals surface area contributed by atoms with Gasteiger partial charge in [-0.3, -0.25) is 4.79 Å². The molecule has 0 bridgehead atoms.